The van der Waals surface area contributed by atoms with Crippen molar-refractivity contribution in [3.63, 3.8) is 0 Å². The van der Waals surface area contributed by atoms with Gasteiger partial charge in [0.2, 0.25) is 0 Å². The second kappa shape index (κ2) is 7.76. The van der Waals surface area contributed by atoms with Crippen LogP contribution in [0.25, 0.3) is 0 Å². The standard InChI is InChI=1S/C12H22N2OS/c1-4-13-10(3)8-11-9-16-12(14-11)6-7-15-5-2/h9-10,13H,4-8H2,1-3H3. The highest BCUT2D eigenvalue weighted by Crippen LogP contribution is 2.12. The highest BCUT2D eigenvalue weighted by atomic mass is 32.1. The maximum atomic E-state index is 5.32. The first-order valence-electron chi connectivity index (χ1n) is 6.00. The molecule has 0 aliphatic rings. The van der Waals surface area contributed by atoms with E-state index in [1.54, 1.807) is 11.3 Å². The van der Waals surface area contributed by atoms with Gasteiger partial charge in [-0.15, -0.1) is 11.3 Å². The summed E-state index contributed by atoms with van der Waals surface area (Å²) in [5.41, 5.74) is 1.20. The molecule has 0 aromatic carbocycles. The second-order valence-electron chi connectivity index (χ2n) is 3.84. The normalized spacial score (nSPS) is 12.9. The van der Waals surface area contributed by atoms with E-state index in [1.165, 1.54) is 10.7 Å². The van der Waals surface area contributed by atoms with Crippen LogP contribution in [0.2, 0.25) is 0 Å². The van der Waals surface area contributed by atoms with Crippen LogP contribution in [0.3, 0.4) is 0 Å². The van der Waals surface area contributed by atoms with E-state index in [1.807, 2.05) is 6.92 Å². The molecule has 1 N–H and O–H groups in total. The molecule has 1 aromatic rings. The van der Waals surface area contributed by atoms with E-state index in [9.17, 15) is 0 Å². The fourth-order valence-electron chi connectivity index (χ4n) is 1.60. The zero-order valence-corrected chi connectivity index (χ0v) is 11.3. The summed E-state index contributed by atoms with van der Waals surface area (Å²) >= 11 is 1.74. The molecular weight excluding hydrogens is 220 g/mol. The van der Waals surface area contributed by atoms with Gasteiger partial charge in [0.25, 0.3) is 0 Å². The van der Waals surface area contributed by atoms with Crippen LogP contribution in [-0.4, -0.2) is 30.8 Å². The Morgan fingerprint density at radius 2 is 2.31 bits per heavy atom. The summed E-state index contributed by atoms with van der Waals surface area (Å²) in [5.74, 6) is 0. The topological polar surface area (TPSA) is 34.1 Å². The van der Waals surface area contributed by atoms with Crippen molar-refractivity contribution in [2.75, 3.05) is 19.8 Å². The summed E-state index contributed by atoms with van der Waals surface area (Å²) in [7, 11) is 0. The Kier molecular flexibility index (Phi) is 6.61. The van der Waals surface area contributed by atoms with E-state index >= 15 is 0 Å². The molecule has 1 aromatic heterocycles. The van der Waals surface area contributed by atoms with E-state index in [2.05, 4.69) is 29.5 Å². The van der Waals surface area contributed by atoms with Crippen LogP contribution in [0.1, 0.15) is 31.5 Å². The summed E-state index contributed by atoms with van der Waals surface area (Å²) < 4.78 is 5.32. The number of rotatable bonds is 8. The highest BCUT2D eigenvalue weighted by molar-refractivity contribution is 7.09. The average Bonchev–Trinajstić information content (AvgIpc) is 2.66. The molecular formula is C12H22N2OS. The lowest BCUT2D eigenvalue weighted by Gasteiger charge is -2.09. The van der Waals surface area contributed by atoms with Crippen molar-refractivity contribution in [3.8, 4) is 0 Å². The van der Waals surface area contributed by atoms with Crippen molar-refractivity contribution >= 4 is 11.3 Å². The predicted molar refractivity (Wildman–Crippen MR) is 69.2 cm³/mol. The SMILES string of the molecule is CCNC(C)Cc1csc(CCOCC)n1. The first-order valence-corrected chi connectivity index (χ1v) is 6.88. The monoisotopic (exact) mass is 242 g/mol. The van der Waals surface area contributed by atoms with Crippen molar-refractivity contribution in [2.24, 2.45) is 0 Å². The molecule has 3 nitrogen and oxygen atoms in total. The number of nitrogens with one attached hydrogen (secondary N) is 1. The highest BCUT2D eigenvalue weighted by Gasteiger charge is 2.06. The third-order valence-electron chi connectivity index (χ3n) is 2.33. The molecule has 4 heteroatoms. The van der Waals surface area contributed by atoms with Crippen molar-refractivity contribution in [1.29, 1.82) is 0 Å². The van der Waals surface area contributed by atoms with E-state index in [0.29, 0.717) is 6.04 Å². The summed E-state index contributed by atoms with van der Waals surface area (Å²) in [6, 6.07) is 0.506. The van der Waals surface area contributed by atoms with Gasteiger partial charge in [0, 0.05) is 30.9 Å². The van der Waals surface area contributed by atoms with Crippen molar-refractivity contribution < 1.29 is 4.74 Å². The maximum Gasteiger partial charge on any atom is 0.0951 e. The van der Waals surface area contributed by atoms with E-state index in [0.717, 1.165) is 32.6 Å². The summed E-state index contributed by atoms with van der Waals surface area (Å²) in [5, 5.41) is 6.74. The van der Waals surface area contributed by atoms with Gasteiger partial charge in [-0.3, -0.25) is 0 Å². The van der Waals surface area contributed by atoms with Crippen LogP contribution < -0.4 is 5.32 Å². The van der Waals surface area contributed by atoms with E-state index in [-0.39, 0.29) is 0 Å². The van der Waals surface area contributed by atoms with Crippen LogP contribution in [-0.2, 0) is 17.6 Å². The van der Waals surface area contributed by atoms with Crippen LogP contribution >= 0.6 is 11.3 Å². The lowest BCUT2D eigenvalue weighted by atomic mass is 10.2. The molecule has 0 fully saturated rings. The molecule has 0 aliphatic heterocycles. The van der Waals surface area contributed by atoms with Crippen molar-refractivity contribution in [3.05, 3.63) is 16.1 Å². The zero-order valence-electron chi connectivity index (χ0n) is 10.5. The Balaban J connectivity index is 2.33. The number of likely N-dealkylation sites (N-methyl/N-ethyl adjacent to an activating group) is 1. The average molecular weight is 242 g/mol. The van der Waals surface area contributed by atoms with Crippen LogP contribution in [0, 0.1) is 0 Å². The van der Waals surface area contributed by atoms with Gasteiger partial charge in [0.1, 0.15) is 0 Å². The quantitative estimate of drug-likeness (QED) is 0.710. The van der Waals surface area contributed by atoms with Crippen molar-refractivity contribution in [1.82, 2.24) is 10.3 Å². The number of ether oxygens (including phenoxy) is 1. The molecule has 1 heterocycles. The largest absolute Gasteiger partial charge is 0.381 e. The molecule has 0 spiro atoms. The first kappa shape index (κ1) is 13.6. The minimum Gasteiger partial charge on any atom is -0.381 e. The lowest BCUT2D eigenvalue weighted by molar-refractivity contribution is 0.151. The smallest absolute Gasteiger partial charge is 0.0951 e. The van der Waals surface area contributed by atoms with Gasteiger partial charge in [-0.1, -0.05) is 6.92 Å². The minimum absolute atomic E-state index is 0.506. The third-order valence-corrected chi connectivity index (χ3v) is 3.29. The molecule has 16 heavy (non-hydrogen) atoms. The molecule has 1 rings (SSSR count). The molecule has 0 aliphatic carbocycles. The first-order chi connectivity index (χ1) is 7.76. The minimum atomic E-state index is 0.506. The van der Waals surface area contributed by atoms with Gasteiger partial charge < -0.3 is 10.1 Å². The van der Waals surface area contributed by atoms with Crippen LogP contribution in [0.5, 0.6) is 0 Å². The predicted octanol–water partition coefficient (Wildman–Crippen LogP) is 2.26. The van der Waals surface area contributed by atoms with Crippen molar-refractivity contribution in [2.45, 2.75) is 39.7 Å². The van der Waals surface area contributed by atoms with Crippen LogP contribution in [0.4, 0.5) is 0 Å². The number of hydrogen-bond donors (Lipinski definition) is 1. The van der Waals surface area contributed by atoms with Crippen LogP contribution in [0.15, 0.2) is 5.38 Å². The number of aromatic nitrogens is 1. The fraction of sp³-hybridized carbons (Fsp3) is 0.750. The number of thiazole rings is 1. The Morgan fingerprint density at radius 1 is 1.50 bits per heavy atom. The number of nitrogens with zero attached hydrogens (tertiary/aromatic N) is 1. The summed E-state index contributed by atoms with van der Waals surface area (Å²) in [6.45, 7) is 8.93. The molecule has 1 atom stereocenters. The van der Waals surface area contributed by atoms with E-state index in [4.69, 9.17) is 4.74 Å². The van der Waals surface area contributed by atoms with Gasteiger partial charge in [-0.2, -0.15) is 0 Å². The van der Waals surface area contributed by atoms with Gasteiger partial charge in [-0.25, -0.2) is 4.98 Å². The number of hydrogen-bond acceptors (Lipinski definition) is 4. The molecule has 92 valence electrons. The van der Waals surface area contributed by atoms with Gasteiger partial charge in [0.15, 0.2) is 0 Å². The molecule has 0 bridgehead atoms. The Labute approximate surface area is 102 Å². The molecule has 1 unspecified atom stereocenters. The zero-order chi connectivity index (χ0) is 11.8. The maximum absolute atomic E-state index is 5.32. The second-order valence-corrected chi connectivity index (χ2v) is 4.79. The molecule has 0 saturated heterocycles. The van der Waals surface area contributed by atoms with Gasteiger partial charge in [-0.05, 0) is 20.4 Å². The Morgan fingerprint density at radius 3 is 3.00 bits per heavy atom. The summed E-state index contributed by atoms with van der Waals surface area (Å²) in [6.07, 6.45) is 1.95. The van der Waals surface area contributed by atoms with Gasteiger partial charge >= 0.3 is 0 Å². The van der Waals surface area contributed by atoms with Gasteiger partial charge in [0.05, 0.1) is 17.3 Å². The molecule has 0 amide bonds. The Bertz CT molecular complexity index is 288. The fourth-order valence-corrected chi connectivity index (χ4v) is 2.39. The molecule has 0 saturated carbocycles. The van der Waals surface area contributed by atoms with E-state index < -0.39 is 0 Å². The Hall–Kier alpha value is -0.450. The molecule has 0 radical (unpaired) electrons. The lowest BCUT2D eigenvalue weighted by Crippen LogP contribution is -2.27. The third kappa shape index (κ3) is 5.05. The summed E-state index contributed by atoms with van der Waals surface area (Å²) in [4.78, 5) is 4.60.